The van der Waals surface area contributed by atoms with Gasteiger partial charge in [-0.25, -0.2) is 15.0 Å². The molecule has 0 atom stereocenters. The Labute approximate surface area is 151 Å². The molecule has 2 aromatic heterocycles. The Kier molecular flexibility index (Phi) is 4.58. The third-order valence-corrected chi connectivity index (χ3v) is 5.19. The number of nitrogens with one attached hydrogen (secondary N) is 2. The molecule has 1 aliphatic heterocycles. The largest absolute Gasteiger partial charge is 0.369 e. The van der Waals surface area contributed by atoms with Crippen molar-refractivity contribution in [1.82, 2.24) is 20.3 Å². The quantitative estimate of drug-likeness (QED) is 0.752. The van der Waals surface area contributed by atoms with E-state index in [-0.39, 0.29) is 0 Å². The summed E-state index contributed by atoms with van der Waals surface area (Å²) in [5.41, 5.74) is 5.97. The number of aromatic nitrogens is 3. The minimum absolute atomic E-state index is 0.597. The molecule has 4 rings (SSSR count). The van der Waals surface area contributed by atoms with Gasteiger partial charge in [-0.1, -0.05) is 0 Å². The van der Waals surface area contributed by atoms with E-state index < -0.39 is 0 Å². The van der Waals surface area contributed by atoms with Gasteiger partial charge in [0.1, 0.15) is 0 Å². The Hall–Kier alpha value is -2.51. The Balaban J connectivity index is 1.49. The van der Waals surface area contributed by atoms with Gasteiger partial charge < -0.3 is 15.5 Å². The molecule has 128 valence electrons. The van der Waals surface area contributed by atoms with Gasteiger partial charge in [-0.05, 0) is 37.3 Å². The Morgan fingerprint density at radius 1 is 1.08 bits per heavy atom. The standard InChI is InChI=1S/C18H20N6S/c1-13-17(25-12-21-13)16-6-7-20-18(23-16)22-14-2-4-15(5-3-14)24-10-8-19-9-11-24/h2-7,12,19H,8-11H2,1H3,(H,20,22,23). The van der Waals surface area contributed by atoms with E-state index in [0.717, 1.165) is 48.1 Å². The second-order valence-electron chi connectivity index (χ2n) is 5.94. The summed E-state index contributed by atoms with van der Waals surface area (Å²) in [6.45, 7) is 6.17. The van der Waals surface area contributed by atoms with Crippen molar-refractivity contribution in [1.29, 1.82) is 0 Å². The normalized spacial score (nSPS) is 14.5. The Bertz CT molecular complexity index is 839. The maximum Gasteiger partial charge on any atom is 0.227 e. The molecule has 6 nitrogen and oxygen atoms in total. The molecule has 1 aliphatic rings. The van der Waals surface area contributed by atoms with Gasteiger partial charge in [0.05, 0.1) is 21.8 Å². The first-order valence-electron chi connectivity index (χ1n) is 8.36. The topological polar surface area (TPSA) is 66.0 Å². The molecule has 3 heterocycles. The van der Waals surface area contributed by atoms with Crippen LogP contribution in [0.3, 0.4) is 0 Å². The minimum Gasteiger partial charge on any atom is -0.369 e. The van der Waals surface area contributed by atoms with Gasteiger partial charge in [0, 0.05) is 43.8 Å². The van der Waals surface area contributed by atoms with Crippen LogP contribution in [0.2, 0.25) is 0 Å². The number of rotatable bonds is 4. The van der Waals surface area contributed by atoms with Crippen LogP contribution in [0, 0.1) is 6.92 Å². The fraction of sp³-hybridized carbons (Fsp3) is 0.278. The lowest BCUT2D eigenvalue weighted by Crippen LogP contribution is -2.43. The van der Waals surface area contributed by atoms with E-state index in [1.54, 1.807) is 17.5 Å². The van der Waals surface area contributed by atoms with Gasteiger partial charge in [0.15, 0.2) is 0 Å². The number of nitrogens with zero attached hydrogens (tertiary/aromatic N) is 4. The van der Waals surface area contributed by atoms with E-state index in [2.05, 4.69) is 54.8 Å². The highest BCUT2D eigenvalue weighted by Crippen LogP contribution is 2.26. The summed E-state index contributed by atoms with van der Waals surface area (Å²) in [7, 11) is 0. The lowest BCUT2D eigenvalue weighted by atomic mass is 10.2. The maximum absolute atomic E-state index is 4.61. The first-order chi connectivity index (χ1) is 12.3. The van der Waals surface area contributed by atoms with Crippen molar-refractivity contribution in [2.75, 3.05) is 36.4 Å². The van der Waals surface area contributed by atoms with Crippen LogP contribution in [0.25, 0.3) is 10.6 Å². The maximum atomic E-state index is 4.61. The first-order valence-corrected chi connectivity index (χ1v) is 9.24. The average molecular weight is 352 g/mol. The molecule has 0 unspecified atom stereocenters. The zero-order chi connectivity index (χ0) is 17.1. The Morgan fingerprint density at radius 2 is 1.88 bits per heavy atom. The van der Waals surface area contributed by atoms with Crippen molar-refractivity contribution in [3.8, 4) is 10.6 Å². The van der Waals surface area contributed by atoms with E-state index in [4.69, 9.17) is 0 Å². The van der Waals surface area contributed by atoms with Crippen LogP contribution >= 0.6 is 11.3 Å². The number of benzene rings is 1. The predicted molar refractivity (Wildman–Crippen MR) is 103 cm³/mol. The molecule has 7 heteroatoms. The van der Waals surface area contributed by atoms with Crippen LogP contribution in [-0.4, -0.2) is 41.1 Å². The van der Waals surface area contributed by atoms with Crippen LogP contribution in [0.15, 0.2) is 42.0 Å². The summed E-state index contributed by atoms with van der Waals surface area (Å²) < 4.78 is 0. The number of thiazole rings is 1. The summed E-state index contributed by atoms with van der Waals surface area (Å²) in [5.74, 6) is 0.597. The number of piperazine rings is 1. The van der Waals surface area contributed by atoms with Crippen molar-refractivity contribution in [3.05, 3.63) is 47.7 Å². The highest BCUT2D eigenvalue weighted by atomic mass is 32.1. The molecule has 0 saturated carbocycles. The molecule has 0 bridgehead atoms. The molecule has 0 spiro atoms. The van der Waals surface area contributed by atoms with Crippen LogP contribution < -0.4 is 15.5 Å². The van der Waals surface area contributed by atoms with E-state index in [1.165, 1.54) is 5.69 Å². The van der Waals surface area contributed by atoms with E-state index in [1.807, 2.05) is 18.5 Å². The second kappa shape index (κ2) is 7.16. The van der Waals surface area contributed by atoms with Crippen molar-refractivity contribution in [2.45, 2.75) is 6.92 Å². The highest BCUT2D eigenvalue weighted by molar-refractivity contribution is 7.13. The lowest BCUT2D eigenvalue weighted by molar-refractivity contribution is 0.589. The van der Waals surface area contributed by atoms with Crippen LogP contribution in [0.1, 0.15) is 5.69 Å². The van der Waals surface area contributed by atoms with Gasteiger partial charge in [-0.3, -0.25) is 0 Å². The Morgan fingerprint density at radius 3 is 2.60 bits per heavy atom. The molecule has 1 saturated heterocycles. The van der Waals surface area contributed by atoms with Crippen LogP contribution in [0.5, 0.6) is 0 Å². The monoisotopic (exact) mass is 352 g/mol. The van der Waals surface area contributed by atoms with Gasteiger partial charge in [0.2, 0.25) is 5.95 Å². The van der Waals surface area contributed by atoms with Gasteiger partial charge in [-0.15, -0.1) is 11.3 Å². The van der Waals surface area contributed by atoms with Crippen molar-refractivity contribution in [3.63, 3.8) is 0 Å². The lowest BCUT2D eigenvalue weighted by Gasteiger charge is -2.29. The number of hydrogen-bond acceptors (Lipinski definition) is 7. The molecule has 2 N–H and O–H groups in total. The molecular weight excluding hydrogens is 332 g/mol. The van der Waals surface area contributed by atoms with Crippen molar-refractivity contribution < 1.29 is 0 Å². The molecular formula is C18H20N6S. The van der Waals surface area contributed by atoms with Crippen LogP contribution in [0.4, 0.5) is 17.3 Å². The average Bonchev–Trinajstić information content (AvgIpc) is 3.09. The van der Waals surface area contributed by atoms with E-state index >= 15 is 0 Å². The fourth-order valence-electron chi connectivity index (χ4n) is 2.90. The molecule has 0 radical (unpaired) electrons. The fourth-order valence-corrected chi connectivity index (χ4v) is 3.67. The third kappa shape index (κ3) is 3.62. The second-order valence-corrected chi connectivity index (χ2v) is 6.80. The zero-order valence-electron chi connectivity index (χ0n) is 14.1. The first kappa shape index (κ1) is 16.0. The zero-order valence-corrected chi connectivity index (χ0v) is 14.9. The SMILES string of the molecule is Cc1ncsc1-c1ccnc(Nc2ccc(N3CCNCC3)cc2)n1. The van der Waals surface area contributed by atoms with Crippen molar-refractivity contribution in [2.24, 2.45) is 0 Å². The molecule has 0 aliphatic carbocycles. The van der Waals surface area contributed by atoms with Gasteiger partial charge >= 0.3 is 0 Å². The minimum atomic E-state index is 0.597. The summed E-state index contributed by atoms with van der Waals surface area (Å²) in [5, 5.41) is 6.66. The highest BCUT2D eigenvalue weighted by Gasteiger charge is 2.11. The number of aryl methyl sites for hydroxylation is 1. The predicted octanol–water partition coefficient (Wildman–Crippen LogP) is 3.06. The smallest absolute Gasteiger partial charge is 0.227 e. The number of anilines is 3. The number of hydrogen-bond donors (Lipinski definition) is 2. The molecule has 1 aromatic carbocycles. The molecule has 25 heavy (non-hydrogen) atoms. The summed E-state index contributed by atoms with van der Waals surface area (Å²) in [6, 6.07) is 10.4. The summed E-state index contributed by atoms with van der Waals surface area (Å²) in [4.78, 5) is 16.7. The molecule has 1 fully saturated rings. The van der Waals surface area contributed by atoms with Crippen LogP contribution in [-0.2, 0) is 0 Å². The molecule has 0 amide bonds. The van der Waals surface area contributed by atoms with Crippen molar-refractivity contribution >= 4 is 28.7 Å². The van der Waals surface area contributed by atoms with E-state index in [9.17, 15) is 0 Å². The third-order valence-electron chi connectivity index (χ3n) is 4.24. The van der Waals surface area contributed by atoms with E-state index in [0.29, 0.717) is 5.95 Å². The summed E-state index contributed by atoms with van der Waals surface area (Å²) in [6.07, 6.45) is 1.78. The van der Waals surface area contributed by atoms with Gasteiger partial charge in [-0.2, -0.15) is 0 Å². The molecule has 3 aromatic rings. The summed E-state index contributed by atoms with van der Waals surface area (Å²) >= 11 is 1.60. The van der Waals surface area contributed by atoms with Gasteiger partial charge in [0.25, 0.3) is 0 Å².